The van der Waals surface area contributed by atoms with Crippen molar-refractivity contribution < 1.29 is 32.2 Å². The van der Waals surface area contributed by atoms with Crippen LogP contribution in [0.15, 0.2) is 36.5 Å². The Balaban J connectivity index is 1.19. The number of pyridine rings is 2. The normalized spacial score (nSPS) is 18.1. The van der Waals surface area contributed by atoms with Crippen molar-refractivity contribution >= 4 is 34.4 Å². The molecular formula is C39H46ClF3N6O4. The number of nitrogens with one attached hydrogen (secondary N) is 1. The fraction of sp³-hybridized carbons (Fsp3) is 0.538. The minimum absolute atomic E-state index is 0.0192. The zero-order valence-electron chi connectivity index (χ0n) is 30.4. The van der Waals surface area contributed by atoms with E-state index in [0.717, 1.165) is 57.3 Å². The van der Waals surface area contributed by atoms with Crippen LogP contribution < -0.4 is 9.64 Å². The minimum Gasteiger partial charge on any atom is -0.490 e. The third-order valence-corrected chi connectivity index (χ3v) is 11.0. The summed E-state index contributed by atoms with van der Waals surface area (Å²) in [6, 6.07) is 8.46. The van der Waals surface area contributed by atoms with Crippen LogP contribution in [-0.4, -0.2) is 90.5 Å². The van der Waals surface area contributed by atoms with Gasteiger partial charge in [0.25, 0.3) is 0 Å². The molecule has 0 spiro atoms. The number of likely N-dealkylation sites (tertiary alicyclic amines) is 1. The molecular weight excluding hydrogens is 709 g/mol. The van der Waals surface area contributed by atoms with Gasteiger partial charge in [-0.2, -0.15) is 13.2 Å². The van der Waals surface area contributed by atoms with Crippen LogP contribution in [0.5, 0.6) is 5.75 Å². The monoisotopic (exact) mass is 754 g/mol. The lowest BCUT2D eigenvalue weighted by molar-refractivity contribution is -0.145. The van der Waals surface area contributed by atoms with Crippen LogP contribution in [0.3, 0.4) is 0 Å². The molecule has 53 heavy (non-hydrogen) atoms. The zero-order valence-corrected chi connectivity index (χ0v) is 31.2. The van der Waals surface area contributed by atoms with E-state index >= 15 is 0 Å². The lowest BCUT2D eigenvalue weighted by atomic mass is 9.86. The number of fused-ring (bicyclic) bond motifs is 1. The van der Waals surface area contributed by atoms with Gasteiger partial charge >= 0.3 is 12.1 Å². The summed E-state index contributed by atoms with van der Waals surface area (Å²) in [5.74, 6) is 0.729. The van der Waals surface area contributed by atoms with Gasteiger partial charge in [-0.05, 0) is 75.8 Å². The predicted octanol–water partition coefficient (Wildman–Crippen LogP) is 8.29. The molecule has 284 valence electrons. The van der Waals surface area contributed by atoms with Gasteiger partial charge in [0.1, 0.15) is 23.2 Å². The summed E-state index contributed by atoms with van der Waals surface area (Å²) in [5, 5.41) is 0.427. The molecule has 0 amide bonds. The van der Waals surface area contributed by atoms with E-state index in [1.807, 2.05) is 25.2 Å². The van der Waals surface area contributed by atoms with Gasteiger partial charge in [0.15, 0.2) is 5.65 Å². The number of rotatable bonds is 13. The van der Waals surface area contributed by atoms with Crippen molar-refractivity contribution in [3.63, 3.8) is 0 Å². The van der Waals surface area contributed by atoms with E-state index in [-0.39, 0.29) is 41.2 Å². The molecule has 0 bridgehead atoms. The minimum atomic E-state index is -4.53. The second-order valence-electron chi connectivity index (χ2n) is 14.8. The number of benzene rings is 1. The lowest BCUT2D eigenvalue weighted by Crippen LogP contribution is -2.41. The maximum absolute atomic E-state index is 14.3. The topological polar surface area (TPSA) is 106 Å². The van der Waals surface area contributed by atoms with Crippen LogP contribution in [0.25, 0.3) is 33.8 Å². The number of alkyl halides is 3. The molecule has 14 heteroatoms. The molecule has 1 saturated heterocycles. The Morgan fingerprint density at radius 1 is 1.09 bits per heavy atom. The maximum Gasteiger partial charge on any atom is 0.418 e. The molecule has 0 radical (unpaired) electrons. The fourth-order valence-electron chi connectivity index (χ4n) is 7.97. The van der Waals surface area contributed by atoms with Crippen molar-refractivity contribution in [3.05, 3.63) is 52.8 Å². The molecule has 0 atom stereocenters. The Morgan fingerprint density at radius 2 is 1.85 bits per heavy atom. The van der Waals surface area contributed by atoms with Gasteiger partial charge in [-0.3, -0.25) is 14.7 Å². The first-order valence-corrected chi connectivity index (χ1v) is 18.9. The first-order chi connectivity index (χ1) is 25.4. The molecule has 1 N–H and O–H groups in total. The van der Waals surface area contributed by atoms with Gasteiger partial charge in [0, 0.05) is 62.4 Å². The molecule has 3 fully saturated rings. The van der Waals surface area contributed by atoms with Crippen molar-refractivity contribution in [1.29, 1.82) is 0 Å². The van der Waals surface area contributed by atoms with E-state index in [2.05, 4.69) is 19.8 Å². The van der Waals surface area contributed by atoms with Gasteiger partial charge < -0.3 is 24.1 Å². The van der Waals surface area contributed by atoms with Crippen molar-refractivity contribution in [1.82, 2.24) is 24.8 Å². The van der Waals surface area contributed by atoms with E-state index in [1.165, 1.54) is 12.3 Å². The molecule has 1 aliphatic heterocycles. The van der Waals surface area contributed by atoms with E-state index in [1.54, 1.807) is 20.1 Å². The third kappa shape index (κ3) is 8.42. The first kappa shape index (κ1) is 37.4. The molecule has 0 unspecified atom stereocenters. The van der Waals surface area contributed by atoms with E-state index < -0.39 is 11.7 Å². The van der Waals surface area contributed by atoms with Gasteiger partial charge in [0.05, 0.1) is 47.4 Å². The molecule has 3 aromatic heterocycles. The number of halogens is 4. The second kappa shape index (κ2) is 15.4. The maximum atomic E-state index is 14.3. The first-order valence-electron chi connectivity index (χ1n) is 18.5. The van der Waals surface area contributed by atoms with Gasteiger partial charge in [-0.1, -0.05) is 24.4 Å². The molecule has 2 aliphatic carbocycles. The number of piperidine rings is 1. The Labute approximate surface area is 312 Å². The lowest BCUT2D eigenvalue weighted by Gasteiger charge is -2.34. The summed E-state index contributed by atoms with van der Waals surface area (Å²) in [4.78, 5) is 33.5. The van der Waals surface area contributed by atoms with Crippen molar-refractivity contribution in [3.8, 4) is 28.4 Å². The standard InChI is InChI=1S/C39H46ClF3N6O4/c1-4-52-33(50)21-49-15-11-26(12-16-49)53-27-9-10-28(30(40)18-27)36-46-35-32(48(2)22-38(23-51-3)13-5-6-14-38)19-31(45-37(35)47-36)25-17-29(39(41,42)43)34(44-20-25)24-7-8-24/h9-10,17-20,24,26H,4-8,11-16,21-23H2,1-3H3,(H,45,46,47). The number of carbonyl (C=O) groups excluding carboxylic acids is 1. The Morgan fingerprint density at radius 3 is 2.51 bits per heavy atom. The summed E-state index contributed by atoms with van der Waals surface area (Å²) in [6.45, 7) is 5.20. The summed E-state index contributed by atoms with van der Waals surface area (Å²) < 4.78 is 59.8. The SMILES string of the molecule is CCOC(=O)CN1CCC(Oc2ccc(-c3nc4nc(-c5cnc(C6CC6)c(C(F)(F)F)c5)cc(N(C)CC5(COC)CCCC5)c4[nH]3)c(Cl)c2)CC1. The Hall–Kier alpha value is -3.94. The number of aromatic amines is 1. The Kier molecular flexibility index (Phi) is 10.9. The van der Waals surface area contributed by atoms with Crippen LogP contribution in [0.2, 0.25) is 5.02 Å². The molecule has 3 aliphatic rings. The van der Waals surface area contributed by atoms with Crippen LogP contribution in [-0.2, 0) is 20.4 Å². The molecule has 4 heterocycles. The summed E-state index contributed by atoms with van der Waals surface area (Å²) in [5.41, 5.74) is 2.39. The summed E-state index contributed by atoms with van der Waals surface area (Å²) >= 11 is 6.86. The average molecular weight is 755 g/mol. The molecule has 7 rings (SSSR count). The number of esters is 1. The highest BCUT2D eigenvalue weighted by Crippen LogP contribution is 2.46. The molecule has 2 saturated carbocycles. The van der Waals surface area contributed by atoms with Gasteiger partial charge in [-0.25, -0.2) is 9.97 Å². The fourth-order valence-corrected chi connectivity index (χ4v) is 8.23. The second-order valence-corrected chi connectivity index (χ2v) is 15.2. The number of anilines is 1. The van der Waals surface area contributed by atoms with E-state index in [4.69, 9.17) is 35.8 Å². The van der Waals surface area contributed by atoms with Gasteiger partial charge in [-0.15, -0.1) is 0 Å². The molecule has 4 aromatic rings. The van der Waals surface area contributed by atoms with E-state index in [9.17, 15) is 18.0 Å². The van der Waals surface area contributed by atoms with Crippen LogP contribution in [0.4, 0.5) is 18.9 Å². The number of carbonyl (C=O) groups is 1. The zero-order chi connectivity index (χ0) is 37.3. The molecule has 10 nitrogen and oxygen atoms in total. The Bertz CT molecular complexity index is 1940. The highest BCUT2D eigenvalue weighted by molar-refractivity contribution is 6.33. The number of hydrogen-bond acceptors (Lipinski definition) is 9. The van der Waals surface area contributed by atoms with E-state index in [0.29, 0.717) is 71.6 Å². The van der Waals surface area contributed by atoms with Crippen molar-refractivity contribution in [2.45, 2.75) is 76.5 Å². The highest BCUT2D eigenvalue weighted by Gasteiger charge is 2.40. The number of aromatic nitrogens is 4. The van der Waals surface area contributed by atoms with Crippen molar-refractivity contribution in [2.24, 2.45) is 5.41 Å². The largest absolute Gasteiger partial charge is 0.490 e. The summed E-state index contributed by atoms with van der Waals surface area (Å²) in [6.07, 6.45) is 4.19. The van der Waals surface area contributed by atoms with Crippen LogP contribution in [0, 0.1) is 5.41 Å². The van der Waals surface area contributed by atoms with Crippen LogP contribution in [0.1, 0.15) is 75.5 Å². The predicted molar refractivity (Wildman–Crippen MR) is 197 cm³/mol. The van der Waals surface area contributed by atoms with Crippen molar-refractivity contribution in [2.75, 3.05) is 58.5 Å². The number of hydrogen-bond donors (Lipinski definition) is 1. The smallest absolute Gasteiger partial charge is 0.418 e. The highest BCUT2D eigenvalue weighted by atomic mass is 35.5. The number of methoxy groups -OCH3 is 1. The third-order valence-electron chi connectivity index (χ3n) is 10.7. The van der Waals surface area contributed by atoms with Gasteiger partial charge in [0.2, 0.25) is 0 Å². The average Bonchev–Trinajstić information content (AvgIpc) is 3.72. The van der Waals surface area contributed by atoms with Crippen LogP contribution >= 0.6 is 11.6 Å². The quantitative estimate of drug-likeness (QED) is 0.135. The number of nitrogens with zero attached hydrogens (tertiary/aromatic N) is 5. The number of ether oxygens (including phenoxy) is 3. The number of H-pyrrole nitrogens is 1. The summed E-state index contributed by atoms with van der Waals surface area (Å²) in [7, 11) is 3.71. The molecule has 1 aromatic carbocycles. The number of imidazole rings is 1.